The van der Waals surface area contributed by atoms with Crippen LogP contribution in [0.4, 0.5) is 0 Å². The molecule has 5 rings (SSSR count). The van der Waals surface area contributed by atoms with E-state index in [-0.39, 0.29) is 18.1 Å². The molecule has 1 aliphatic carbocycles. The Morgan fingerprint density at radius 1 is 1.20 bits per heavy atom. The molecule has 0 bridgehead atoms. The lowest BCUT2D eigenvalue weighted by molar-refractivity contribution is -0.133. The first-order valence-electron chi connectivity index (χ1n) is 9.31. The molecule has 1 amide bonds. The fourth-order valence-electron chi connectivity index (χ4n) is 4.13. The summed E-state index contributed by atoms with van der Waals surface area (Å²) in [5, 5.41) is 3.08. The van der Waals surface area contributed by atoms with E-state index >= 15 is 0 Å². The van der Waals surface area contributed by atoms with Gasteiger partial charge in [-0.25, -0.2) is 0 Å². The maximum Gasteiger partial charge on any atom is 0.249 e. The highest BCUT2D eigenvalue weighted by atomic mass is 16.7. The van der Waals surface area contributed by atoms with Gasteiger partial charge in [0.25, 0.3) is 0 Å². The van der Waals surface area contributed by atoms with Crippen LogP contribution in [0.3, 0.4) is 0 Å². The highest BCUT2D eigenvalue weighted by molar-refractivity contribution is 5.81. The maximum atomic E-state index is 12.2. The van der Waals surface area contributed by atoms with Crippen LogP contribution in [0.1, 0.15) is 31.2 Å². The number of likely N-dealkylation sites (tertiary alicyclic amines) is 1. The minimum atomic E-state index is -0.249. The summed E-state index contributed by atoms with van der Waals surface area (Å²) < 4.78 is 16.9. The third-order valence-electron chi connectivity index (χ3n) is 5.70. The van der Waals surface area contributed by atoms with Crippen LogP contribution in [-0.4, -0.2) is 48.9 Å². The molecular formula is C19H24N2O4. The first-order valence-corrected chi connectivity index (χ1v) is 9.31. The van der Waals surface area contributed by atoms with E-state index in [4.69, 9.17) is 14.2 Å². The standard InChI is InChI=1S/C19H24N2O4/c22-19(20-14-2-3-14)17-8-13-5-6-21(10-18(13)25-17)9-12-1-4-15-16(7-12)24-11-23-15/h1,4,7,13-14,17-18H,2-3,5-6,8-11H2,(H,20,22)/t13-,17-,18-/m0/s1. The lowest BCUT2D eigenvalue weighted by Gasteiger charge is -2.34. The number of nitrogens with one attached hydrogen (secondary N) is 1. The van der Waals surface area contributed by atoms with Gasteiger partial charge in [-0.1, -0.05) is 6.07 Å². The number of carbonyl (C=O) groups excluding carboxylic acids is 1. The summed E-state index contributed by atoms with van der Waals surface area (Å²) in [6, 6.07) is 6.55. The molecule has 3 heterocycles. The number of piperidine rings is 1. The van der Waals surface area contributed by atoms with Crippen LogP contribution in [0.15, 0.2) is 18.2 Å². The molecule has 0 unspecified atom stereocenters. The molecule has 25 heavy (non-hydrogen) atoms. The maximum absolute atomic E-state index is 12.2. The predicted molar refractivity (Wildman–Crippen MR) is 90.4 cm³/mol. The quantitative estimate of drug-likeness (QED) is 0.900. The van der Waals surface area contributed by atoms with Crippen LogP contribution in [0.5, 0.6) is 11.5 Å². The summed E-state index contributed by atoms with van der Waals surface area (Å²) >= 11 is 0. The minimum Gasteiger partial charge on any atom is -0.454 e. The second-order valence-electron chi connectivity index (χ2n) is 7.65. The highest BCUT2D eigenvalue weighted by Gasteiger charge is 2.42. The SMILES string of the molecule is O=C(NC1CC1)[C@@H]1C[C@@H]2CCN(Cc3ccc4c(c3)OCO4)C[C@@H]2O1. The summed E-state index contributed by atoms with van der Waals surface area (Å²) in [5.74, 6) is 2.27. The Balaban J connectivity index is 1.18. The molecule has 3 fully saturated rings. The van der Waals surface area contributed by atoms with Crippen LogP contribution in [0.25, 0.3) is 0 Å². The zero-order valence-electron chi connectivity index (χ0n) is 14.3. The molecule has 6 nitrogen and oxygen atoms in total. The van der Waals surface area contributed by atoms with Gasteiger partial charge >= 0.3 is 0 Å². The highest BCUT2D eigenvalue weighted by Crippen LogP contribution is 2.36. The molecule has 0 aromatic heterocycles. The smallest absolute Gasteiger partial charge is 0.249 e. The Labute approximate surface area is 147 Å². The molecule has 4 aliphatic rings. The normalized spacial score (nSPS) is 31.0. The van der Waals surface area contributed by atoms with Gasteiger partial charge in [0.05, 0.1) is 6.10 Å². The number of carbonyl (C=O) groups is 1. The van der Waals surface area contributed by atoms with Crippen molar-refractivity contribution in [2.24, 2.45) is 5.92 Å². The van der Waals surface area contributed by atoms with E-state index in [1.807, 2.05) is 6.07 Å². The van der Waals surface area contributed by atoms with Crippen LogP contribution >= 0.6 is 0 Å². The van der Waals surface area contributed by atoms with Crippen molar-refractivity contribution >= 4 is 5.91 Å². The van der Waals surface area contributed by atoms with Gasteiger partial charge in [0.15, 0.2) is 11.5 Å². The number of nitrogens with zero attached hydrogens (tertiary/aromatic N) is 1. The number of hydrogen-bond acceptors (Lipinski definition) is 5. The Morgan fingerprint density at radius 3 is 2.96 bits per heavy atom. The van der Waals surface area contributed by atoms with Crippen molar-refractivity contribution in [1.82, 2.24) is 10.2 Å². The van der Waals surface area contributed by atoms with Gasteiger partial charge in [-0.3, -0.25) is 9.69 Å². The summed E-state index contributed by atoms with van der Waals surface area (Å²) in [7, 11) is 0. The zero-order valence-corrected chi connectivity index (χ0v) is 14.3. The lowest BCUT2D eigenvalue weighted by Crippen LogP contribution is -2.42. The molecule has 134 valence electrons. The minimum absolute atomic E-state index is 0.0965. The van der Waals surface area contributed by atoms with Crippen molar-refractivity contribution in [2.45, 2.75) is 50.5 Å². The third-order valence-corrected chi connectivity index (χ3v) is 5.70. The molecule has 0 spiro atoms. The van der Waals surface area contributed by atoms with E-state index in [0.29, 0.717) is 18.8 Å². The van der Waals surface area contributed by atoms with Gasteiger partial charge in [-0.05, 0) is 55.8 Å². The van der Waals surface area contributed by atoms with Crippen molar-refractivity contribution in [1.29, 1.82) is 0 Å². The van der Waals surface area contributed by atoms with E-state index in [2.05, 4.69) is 22.3 Å². The molecule has 3 atom stereocenters. The lowest BCUT2D eigenvalue weighted by atomic mass is 9.91. The van der Waals surface area contributed by atoms with E-state index in [1.54, 1.807) is 0 Å². The van der Waals surface area contributed by atoms with Crippen molar-refractivity contribution in [3.63, 3.8) is 0 Å². The van der Waals surface area contributed by atoms with Gasteiger partial charge in [-0.2, -0.15) is 0 Å². The van der Waals surface area contributed by atoms with Crippen LogP contribution in [0, 0.1) is 5.92 Å². The van der Waals surface area contributed by atoms with Gasteiger partial charge in [0.1, 0.15) is 6.10 Å². The molecular weight excluding hydrogens is 320 g/mol. The van der Waals surface area contributed by atoms with E-state index in [0.717, 1.165) is 56.8 Å². The number of fused-ring (bicyclic) bond motifs is 2. The molecule has 0 radical (unpaired) electrons. The van der Waals surface area contributed by atoms with E-state index in [9.17, 15) is 4.79 Å². The van der Waals surface area contributed by atoms with Gasteiger partial charge in [-0.15, -0.1) is 0 Å². The fourth-order valence-corrected chi connectivity index (χ4v) is 4.13. The van der Waals surface area contributed by atoms with E-state index in [1.165, 1.54) is 5.56 Å². The fraction of sp³-hybridized carbons (Fsp3) is 0.632. The Hall–Kier alpha value is -1.79. The Bertz CT molecular complexity index is 675. The number of ether oxygens (including phenoxy) is 3. The first kappa shape index (κ1) is 15.5. The summed E-state index contributed by atoms with van der Waals surface area (Å²) in [4.78, 5) is 14.7. The van der Waals surface area contributed by atoms with E-state index < -0.39 is 0 Å². The predicted octanol–water partition coefficient (Wildman–Crippen LogP) is 1.67. The third kappa shape index (κ3) is 3.20. The molecule has 1 aromatic rings. The largest absolute Gasteiger partial charge is 0.454 e. The number of rotatable bonds is 4. The summed E-state index contributed by atoms with van der Waals surface area (Å²) in [6.45, 7) is 3.13. The van der Waals surface area contributed by atoms with Crippen LogP contribution < -0.4 is 14.8 Å². The van der Waals surface area contributed by atoms with Gasteiger partial charge in [0, 0.05) is 19.1 Å². The molecule has 2 saturated heterocycles. The molecule has 3 aliphatic heterocycles. The second-order valence-corrected chi connectivity index (χ2v) is 7.65. The number of benzene rings is 1. The molecule has 1 N–H and O–H groups in total. The number of amides is 1. The average Bonchev–Trinajstić information content (AvgIpc) is 3.14. The van der Waals surface area contributed by atoms with Crippen molar-refractivity contribution in [3.05, 3.63) is 23.8 Å². The first-order chi connectivity index (χ1) is 12.2. The second kappa shape index (κ2) is 6.18. The summed E-state index contributed by atoms with van der Waals surface area (Å²) in [6.07, 6.45) is 4.14. The average molecular weight is 344 g/mol. The van der Waals surface area contributed by atoms with Crippen molar-refractivity contribution in [2.75, 3.05) is 19.9 Å². The number of hydrogen-bond donors (Lipinski definition) is 1. The summed E-state index contributed by atoms with van der Waals surface area (Å²) in [5.41, 5.74) is 1.23. The monoisotopic (exact) mass is 344 g/mol. The van der Waals surface area contributed by atoms with Crippen molar-refractivity contribution in [3.8, 4) is 11.5 Å². The molecule has 6 heteroatoms. The van der Waals surface area contributed by atoms with Gasteiger partial charge < -0.3 is 19.5 Å². The van der Waals surface area contributed by atoms with Crippen LogP contribution in [0.2, 0.25) is 0 Å². The van der Waals surface area contributed by atoms with Gasteiger partial charge in [0.2, 0.25) is 12.7 Å². The Morgan fingerprint density at radius 2 is 2.08 bits per heavy atom. The molecule has 1 saturated carbocycles. The van der Waals surface area contributed by atoms with Crippen molar-refractivity contribution < 1.29 is 19.0 Å². The Kier molecular flexibility index (Phi) is 3.82. The molecule has 1 aromatic carbocycles. The topological polar surface area (TPSA) is 60.0 Å². The van der Waals surface area contributed by atoms with Crippen LogP contribution in [-0.2, 0) is 16.1 Å². The zero-order chi connectivity index (χ0) is 16.8.